The molecule has 32 heavy (non-hydrogen) atoms. The van der Waals surface area contributed by atoms with Gasteiger partial charge in [-0.15, -0.1) is 0 Å². The van der Waals surface area contributed by atoms with E-state index in [1.807, 2.05) is 0 Å². The minimum absolute atomic E-state index is 0.000751. The highest BCUT2D eigenvalue weighted by Crippen LogP contribution is 2.32. The zero-order valence-electron chi connectivity index (χ0n) is 16.7. The van der Waals surface area contributed by atoms with Gasteiger partial charge in [0, 0.05) is 23.9 Å². The fourth-order valence-electron chi connectivity index (χ4n) is 2.64. The van der Waals surface area contributed by atoms with Gasteiger partial charge in [-0.1, -0.05) is 0 Å². The monoisotopic (exact) mass is 448 g/mol. The molecule has 1 aromatic heterocycles. The Labute approximate surface area is 180 Å². The SMILES string of the molecule is CCOc1cc(NC(=O)c2ccc(COc3ccc([N+](=O)[O-])cc3)o2)ccc1OC(F)F. The molecular weight excluding hydrogens is 430 g/mol. The molecular formula is C21H18F2N2O7. The first-order chi connectivity index (χ1) is 15.4. The molecule has 0 aliphatic heterocycles. The quantitative estimate of drug-likeness (QED) is 0.342. The van der Waals surface area contributed by atoms with Crippen molar-refractivity contribution in [1.82, 2.24) is 0 Å². The van der Waals surface area contributed by atoms with Crippen LogP contribution in [0, 0.1) is 10.1 Å². The highest BCUT2D eigenvalue weighted by atomic mass is 19.3. The third kappa shape index (κ3) is 5.94. The second-order valence-corrected chi connectivity index (χ2v) is 6.23. The molecule has 11 heteroatoms. The summed E-state index contributed by atoms with van der Waals surface area (Å²) in [6.45, 7) is -1.11. The second-order valence-electron chi connectivity index (χ2n) is 6.23. The predicted octanol–water partition coefficient (Wildman–Crippen LogP) is 5.02. The third-order valence-corrected chi connectivity index (χ3v) is 4.03. The van der Waals surface area contributed by atoms with Crippen molar-refractivity contribution in [2.24, 2.45) is 0 Å². The summed E-state index contributed by atoms with van der Waals surface area (Å²) in [5.41, 5.74) is 0.232. The summed E-state index contributed by atoms with van der Waals surface area (Å²) in [4.78, 5) is 22.6. The Balaban J connectivity index is 1.61. The topological polar surface area (TPSA) is 113 Å². The highest BCUT2D eigenvalue weighted by Gasteiger charge is 2.15. The van der Waals surface area contributed by atoms with Gasteiger partial charge in [-0.25, -0.2) is 0 Å². The standard InChI is InChI=1S/C21H18F2N2O7/c1-2-29-19-11-13(3-9-17(19)32-21(22)23)24-20(26)18-10-8-16(31-18)12-30-15-6-4-14(5-7-15)25(27)28/h3-11,21H,2,12H2,1H3,(H,24,26). The predicted molar refractivity (Wildman–Crippen MR) is 108 cm³/mol. The lowest BCUT2D eigenvalue weighted by Crippen LogP contribution is -2.11. The average Bonchev–Trinajstić information content (AvgIpc) is 3.23. The minimum atomic E-state index is -3.01. The van der Waals surface area contributed by atoms with Gasteiger partial charge in [-0.3, -0.25) is 14.9 Å². The molecule has 3 aromatic rings. The van der Waals surface area contributed by atoms with Crippen LogP contribution >= 0.6 is 0 Å². The number of ether oxygens (including phenoxy) is 3. The van der Waals surface area contributed by atoms with Crippen LogP contribution in [0.4, 0.5) is 20.2 Å². The van der Waals surface area contributed by atoms with Gasteiger partial charge in [-0.2, -0.15) is 8.78 Å². The highest BCUT2D eigenvalue weighted by molar-refractivity contribution is 6.02. The van der Waals surface area contributed by atoms with Crippen LogP contribution in [0.5, 0.6) is 17.2 Å². The van der Waals surface area contributed by atoms with E-state index in [2.05, 4.69) is 10.1 Å². The molecule has 0 aliphatic rings. The molecule has 0 fully saturated rings. The summed E-state index contributed by atoms with van der Waals surface area (Å²) in [7, 11) is 0. The van der Waals surface area contributed by atoms with Gasteiger partial charge in [0.05, 0.1) is 11.5 Å². The first-order valence-electron chi connectivity index (χ1n) is 9.34. The summed E-state index contributed by atoms with van der Waals surface area (Å²) in [5.74, 6) is 0.0808. The number of anilines is 1. The van der Waals surface area contributed by atoms with Gasteiger partial charge in [-0.05, 0) is 43.3 Å². The molecule has 0 radical (unpaired) electrons. The lowest BCUT2D eigenvalue weighted by Gasteiger charge is -2.13. The van der Waals surface area contributed by atoms with Crippen molar-refractivity contribution in [3.63, 3.8) is 0 Å². The van der Waals surface area contributed by atoms with Crippen LogP contribution in [0.15, 0.2) is 59.0 Å². The van der Waals surface area contributed by atoms with E-state index < -0.39 is 17.4 Å². The summed E-state index contributed by atoms with van der Waals surface area (Å²) in [6, 6.07) is 12.5. The molecule has 3 rings (SSSR count). The molecule has 2 aromatic carbocycles. The molecule has 1 amide bonds. The smallest absolute Gasteiger partial charge is 0.387 e. The summed E-state index contributed by atoms with van der Waals surface area (Å²) in [6.07, 6.45) is 0. The molecule has 0 atom stereocenters. The number of amides is 1. The molecule has 168 valence electrons. The molecule has 0 saturated heterocycles. The number of hydrogen-bond donors (Lipinski definition) is 1. The number of halogens is 2. The van der Waals surface area contributed by atoms with Gasteiger partial charge in [0.2, 0.25) is 0 Å². The van der Waals surface area contributed by atoms with Gasteiger partial charge in [0.1, 0.15) is 18.1 Å². The number of benzene rings is 2. The second kappa shape index (κ2) is 10.2. The normalized spacial score (nSPS) is 10.6. The Bertz CT molecular complexity index is 1080. The zero-order chi connectivity index (χ0) is 23.1. The Hall–Kier alpha value is -4.15. The average molecular weight is 448 g/mol. The first-order valence-corrected chi connectivity index (χ1v) is 9.34. The van der Waals surface area contributed by atoms with E-state index in [9.17, 15) is 23.7 Å². The molecule has 1 heterocycles. The fourth-order valence-corrected chi connectivity index (χ4v) is 2.64. The number of carbonyl (C=O) groups is 1. The van der Waals surface area contributed by atoms with E-state index in [1.54, 1.807) is 13.0 Å². The number of alkyl halides is 2. The fraction of sp³-hybridized carbons (Fsp3) is 0.190. The molecule has 0 bridgehead atoms. The molecule has 0 unspecified atom stereocenters. The maximum atomic E-state index is 12.5. The van der Waals surface area contributed by atoms with E-state index in [0.29, 0.717) is 17.2 Å². The minimum Gasteiger partial charge on any atom is -0.490 e. The van der Waals surface area contributed by atoms with E-state index in [0.717, 1.165) is 0 Å². The van der Waals surface area contributed by atoms with Crippen LogP contribution in [0.25, 0.3) is 0 Å². The lowest BCUT2D eigenvalue weighted by molar-refractivity contribution is -0.384. The summed E-state index contributed by atoms with van der Waals surface area (Å²) >= 11 is 0. The van der Waals surface area contributed by atoms with Gasteiger partial charge in [0.15, 0.2) is 17.3 Å². The van der Waals surface area contributed by atoms with E-state index in [4.69, 9.17) is 13.9 Å². The Morgan fingerprint density at radius 3 is 2.50 bits per heavy atom. The number of carbonyl (C=O) groups excluding carboxylic acids is 1. The van der Waals surface area contributed by atoms with Crippen molar-refractivity contribution in [3.05, 3.63) is 76.2 Å². The Morgan fingerprint density at radius 1 is 1.09 bits per heavy atom. The maximum absolute atomic E-state index is 12.5. The molecule has 0 aliphatic carbocycles. The third-order valence-electron chi connectivity index (χ3n) is 4.03. The van der Waals surface area contributed by atoms with Crippen molar-refractivity contribution >= 4 is 17.3 Å². The number of nitrogens with one attached hydrogen (secondary N) is 1. The largest absolute Gasteiger partial charge is 0.490 e. The number of nitrogens with zero attached hydrogens (tertiary/aromatic N) is 1. The number of nitro benzene ring substituents is 1. The maximum Gasteiger partial charge on any atom is 0.387 e. The van der Waals surface area contributed by atoms with Gasteiger partial charge >= 0.3 is 6.61 Å². The Morgan fingerprint density at radius 2 is 1.84 bits per heavy atom. The van der Waals surface area contributed by atoms with Crippen molar-refractivity contribution < 1.29 is 37.1 Å². The number of furan rings is 1. The van der Waals surface area contributed by atoms with Crippen LogP contribution in [-0.2, 0) is 6.61 Å². The van der Waals surface area contributed by atoms with Crippen LogP contribution in [0.1, 0.15) is 23.2 Å². The van der Waals surface area contributed by atoms with E-state index in [-0.39, 0.29) is 36.2 Å². The first kappa shape index (κ1) is 22.5. The number of non-ortho nitro benzene ring substituents is 1. The summed E-state index contributed by atoms with van der Waals surface area (Å²) in [5, 5.41) is 13.2. The molecule has 1 N–H and O–H groups in total. The molecule has 9 nitrogen and oxygen atoms in total. The van der Waals surface area contributed by atoms with Crippen molar-refractivity contribution in [2.75, 3.05) is 11.9 Å². The van der Waals surface area contributed by atoms with Crippen LogP contribution in [-0.4, -0.2) is 24.0 Å². The van der Waals surface area contributed by atoms with E-state index >= 15 is 0 Å². The van der Waals surface area contributed by atoms with Crippen LogP contribution in [0.2, 0.25) is 0 Å². The van der Waals surface area contributed by atoms with E-state index in [1.165, 1.54) is 48.5 Å². The Kier molecular flexibility index (Phi) is 7.21. The number of rotatable bonds is 10. The van der Waals surface area contributed by atoms with Crippen molar-refractivity contribution in [2.45, 2.75) is 20.1 Å². The van der Waals surface area contributed by atoms with Crippen molar-refractivity contribution in [1.29, 1.82) is 0 Å². The molecule has 0 spiro atoms. The van der Waals surface area contributed by atoms with Crippen LogP contribution in [0.3, 0.4) is 0 Å². The van der Waals surface area contributed by atoms with Crippen molar-refractivity contribution in [3.8, 4) is 17.2 Å². The number of nitro groups is 1. The lowest BCUT2D eigenvalue weighted by atomic mass is 10.2. The zero-order valence-corrected chi connectivity index (χ0v) is 16.7. The van der Waals surface area contributed by atoms with Gasteiger partial charge < -0.3 is 23.9 Å². The number of hydrogen-bond acceptors (Lipinski definition) is 7. The van der Waals surface area contributed by atoms with Gasteiger partial charge in [0.25, 0.3) is 11.6 Å². The summed E-state index contributed by atoms with van der Waals surface area (Å²) < 4.78 is 45.6. The van der Waals surface area contributed by atoms with Crippen LogP contribution < -0.4 is 19.5 Å². The molecule has 0 saturated carbocycles.